The van der Waals surface area contributed by atoms with Gasteiger partial charge in [-0.3, -0.25) is 0 Å². The molecule has 0 aliphatic heterocycles. The van der Waals surface area contributed by atoms with Crippen molar-refractivity contribution in [1.82, 2.24) is 0 Å². The lowest BCUT2D eigenvalue weighted by atomic mass is 9.41. The van der Waals surface area contributed by atoms with Gasteiger partial charge in [-0.25, -0.2) is 0 Å². The fraction of sp³-hybridized carbons (Fsp3) is 1.00. The Morgan fingerprint density at radius 1 is 0.962 bits per heavy atom. The number of aliphatic hydroxyl groups excluding tert-OH is 4. The van der Waals surface area contributed by atoms with Crippen LogP contribution >= 0.6 is 0 Å². The third-order valence-corrected chi connectivity index (χ3v) is 9.57. The summed E-state index contributed by atoms with van der Waals surface area (Å²) >= 11 is 0. The van der Waals surface area contributed by atoms with Gasteiger partial charge in [0.05, 0.1) is 30.0 Å². The molecule has 26 heavy (non-hydrogen) atoms. The smallest absolute Gasteiger partial charge is 0.0886 e. The van der Waals surface area contributed by atoms with Crippen molar-refractivity contribution in [3.8, 4) is 0 Å². The second kappa shape index (κ2) is 5.90. The molecule has 150 valence electrons. The summed E-state index contributed by atoms with van der Waals surface area (Å²) in [7, 11) is 0. The van der Waals surface area contributed by atoms with Gasteiger partial charge in [-0.15, -0.1) is 0 Å². The van der Waals surface area contributed by atoms with Crippen LogP contribution in [0.3, 0.4) is 0 Å². The monoisotopic (exact) mass is 368 g/mol. The molecule has 11 atom stereocenters. The molecule has 0 amide bonds. The summed E-state index contributed by atoms with van der Waals surface area (Å²) in [5.41, 5.74) is -2.11. The molecular weight excluding hydrogens is 332 g/mol. The highest BCUT2D eigenvalue weighted by atomic mass is 16.3. The van der Waals surface area contributed by atoms with E-state index < -0.39 is 29.3 Å². The van der Waals surface area contributed by atoms with E-state index in [2.05, 4.69) is 6.92 Å². The van der Waals surface area contributed by atoms with Gasteiger partial charge in [0.25, 0.3) is 0 Å². The molecule has 0 aromatic heterocycles. The van der Waals surface area contributed by atoms with Crippen molar-refractivity contribution in [1.29, 1.82) is 0 Å². The molecule has 4 saturated carbocycles. The van der Waals surface area contributed by atoms with Gasteiger partial charge in [0.2, 0.25) is 0 Å². The predicted molar refractivity (Wildman–Crippen MR) is 97.1 cm³/mol. The first-order valence-corrected chi connectivity index (χ1v) is 10.5. The lowest BCUT2D eigenvalue weighted by Gasteiger charge is -2.66. The van der Waals surface area contributed by atoms with Crippen LogP contribution in [0.4, 0.5) is 0 Å². The van der Waals surface area contributed by atoms with Crippen molar-refractivity contribution in [2.45, 2.75) is 95.7 Å². The van der Waals surface area contributed by atoms with Crippen LogP contribution in [0.5, 0.6) is 0 Å². The Labute approximate surface area is 156 Å². The molecule has 5 heteroatoms. The molecule has 4 aliphatic rings. The van der Waals surface area contributed by atoms with Crippen LogP contribution in [0.25, 0.3) is 0 Å². The van der Waals surface area contributed by atoms with Crippen LogP contribution in [0, 0.1) is 34.5 Å². The van der Waals surface area contributed by atoms with Crippen LogP contribution in [-0.4, -0.2) is 55.5 Å². The van der Waals surface area contributed by atoms with E-state index in [0.29, 0.717) is 18.8 Å². The lowest BCUT2D eigenvalue weighted by molar-refractivity contribution is -0.289. The van der Waals surface area contributed by atoms with E-state index in [1.165, 1.54) is 0 Å². The zero-order chi connectivity index (χ0) is 19.1. The first-order chi connectivity index (χ1) is 12.1. The third kappa shape index (κ3) is 2.15. The standard InChI is InChI=1S/C21H36O5/c1-11(22)14-7-9-21(26)15-5-4-12-10-13(23)6-8-19(12,2)16(15)17(24)18(25)20(14,21)3/h11-18,22-26H,4-10H2,1-3H3/t11-,12-,13-,14+,15+,16+,17-,18+,19-,20-,21-/m0/s1. The quantitative estimate of drug-likeness (QED) is 0.482. The first-order valence-electron chi connectivity index (χ1n) is 10.5. The topological polar surface area (TPSA) is 101 Å². The fourth-order valence-electron chi connectivity index (χ4n) is 8.09. The van der Waals surface area contributed by atoms with Crippen molar-refractivity contribution in [2.75, 3.05) is 0 Å². The molecular formula is C21H36O5. The van der Waals surface area contributed by atoms with Gasteiger partial charge in [0.1, 0.15) is 0 Å². The predicted octanol–water partition coefficient (Wildman–Crippen LogP) is 1.44. The Hall–Kier alpha value is -0.200. The second-order valence-corrected chi connectivity index (χ2v) is 10.4. The number of rotatable bonds is 1. The van der Waals surface area contributed by atoms with E-state index in [-0.39, 0.29) is 29.3 Å². The maximum absolute atomic E-state index is 11.9. The van der Waals surface area contributed by atoms with Gasteiger partial charge in [0.15, 0.2) is 0 Å². The fourth-order valence-corrected chi connectivity index (χ4v) is 8.09. The van der Waals surface area contributed by atoms with Gasteiger partial charge in [0, 0.05) is 5.41 Å². The Morgan fingerprint density at radius 2 is 1.65 bits per heavy atom. The van der Waals surface area contributed by atoms with Crippen molar-refractivity contribution in [2.24, 2.45) is 34.5 Å². The molecule has 0 aromatic carbocycles. The van der Waals surface area contributed by atoms with E-state index in [1.807, 2.05) is 6.92 Å². The molecule has 0 spiro atoms. The minimum atomic E-state index is -1.05. The van der Waals surface area contributed by atoms with Crippen LogP contribution < -0.4 is 0 Å². The van der Waals surface area contributed by atoms with Gasteiger partial charge in [-0.2, -0.15) is 0 Å². The largest absolute Gasteiger partial charge is 0.393 e. The van der Waals surface area contributed by atoms with Gasteiger partial charge in [-0.1, -0.05) is 13.8 Å². The molecule has 0 saturated heterocycles. The van der Waals surface area contributed by atoms with E-state index in [1.54, 1.807) is 6.92 Å². The highest BCUT2D eigenvalue weighted by molar-refractivity contribution is 5.22. The molecule has 4 aliphatic carbocycles. The van der Waals surface area contributed by atoms with Crippen molar-refractivity contribution in [3.63, 3.8) is 0 Å². The van der Waals surface area contributed by atoms with E-state index in [9.17, 15) is 25.5 Å². The lowest BCUT2D eigenvalue weighted by Crippen LogP contribution is -2.72. The minimum Gasteiger partial charge on any atom is -0.393 e. The van der Waals surface area contributed by atoms with Gasteiger partial charge in [-0.05, 0) is 81.0 Å². The summed E-state index contributed by atoms with van der Waals surface area (Å²) in [4.78, 5) is 0. The maximum Gasteiger partial charge on any atom is 0.0886 e. The molecule has 5 nitrogen and oxygen atoms in total. The average molecular weight is 369 g/mol. The first kappa shape index (κ1) is 19.1. The SMILES string of the molecule is C[C@H](O)[C@H]1CC[C@]2(O)[C@@H]3CC[C@H]4C[C@@H](O)CC[C@]4(C)[C@H]3[C@H](O)[C@@H](O)[C@]12C. The zero-order valence-electron chi connectivity index (χ0n) is 16.3. The summed E-state index contributed by atoms with van der Waals surface area (Å²) in [6.07, 6.45) is 2.51. The molecule has 0 radical (unpaired) electrons. The van der Waals surface area contributed by atoms with Gasteiger partial charge < -0.3 is 25.5 Å². The summed E-state index contributed by atoms with van der Waals surface area (Å²) in [5.74, 6) is -0.103. The van der Waals surface area contributed by atoms with E-state index in [4.69, 9.17) is 0 Å². The van der Waals surface area contributed by atoms with Crippen molar-refractivity contribution >= 4 is 0 Å². The molecule has 0 bridgehead atoms. The molecule has 0 aromatic rings. The number of fused-ring (bicyclic) bond motifs is 5. The van der Waals surface area contributed by atoms with Crippen LogP contribution in [0.1, 0.15) is 65.7 Å². The zero-order valence-corrected chi connectivity index (χ0v) is 16.3. The summed E-state index contributed by atoms with van der Waals surface area (Å²) < 4.78 is 0. The number of aliphatic hydroxyl groups is 5. The molecule has 4 rings (SSSR count). The van der Waals surface area contributed by atoms with E-state index in [0.717, 1.165) is 32.1 Å². The summed E-state index contributed by atoms with van der Waals surface area (Å²) in [6, 6.07) is 0. The van der Waals surface area contributed by atoms with Crippen LogP contribution in [0.2, 0.25) is 0 Å². The molecule has 0 unspecified atom stereocenters. The Bertz CT molecular complexity index is 567. The maximum atomic E-state index is 11.9. The Kier molecular flexibility index (Phi) is 4.34. The van der Waals surface area contributed by atoms with Gasteiger partial charge >= 0.3 is 0 Å². The summed E-state index contributed by atoms with van der Waals surface area (Å²) in [5, 5.41) is 54.8. The highest BCUT2D eigenvalue weighted by Crippen LogP contribution is 2.69. The number of hydrogen-bond donors (Lipinski definition) is 5. The summed E-state index contributed by atoms with van der Waals surface area (Å²) in [6.45, 7) is 5.80. The molecule has 5 N–H and O–H groups in total. The minimum absolute atomic E-state index is 0.0638. The van der Waals surface area contributed by atoms with Crippen molar-refractivity contribution in [3.05, 3.63) is 0 Å². The Balaban J connectivity index is 1.77. The average Bonchev–Trinajstić information content (AvgIpc) is 2.86. The highest BCUT2D eigenvalue weighted by Gasteiger charge is 2.73. The second-order valence-electron chi connectivity index (χ2n) is 10.4. The molecule has 4 fully saturated rings. The normalized spacial score (nSPS) is 60.7. The van der Waals surface area contributed by atoms with E-state index >= 15 is 0 Å². The van der Waals surface area contributed by atoms with Crippen LogP contribution in [-0.2, 0) is 0 Å². The van der Waals surface area contributed by atoms with Crippen LogP contribution in [0.15, 0.2) is 0 Å². The van der Waals surface area contributed by atoms with Crippen molar-refractivity contribution < 1.29 is 25.5 Å². The molecule has 0 heterocycles. The Morgan fingerprint density at radius 3 is 2.31 bits per heavy atom. The third-order valence-electron chi connectivity index (χ3n) is 9.57. The number of hydrogen-bond acceptors (Lipinski definition) is 5.